The number of anilines is 1. The molecule has 3 rings (SSSR count). The molecule has 0 spiro atoms. The van der Waals surface area contributed by atoms with Crippen LogP contribution < -0.4 is 5.73 Å². The molecule has 0 unspecified atom stereocenters. The molecule has 0 atom stereocenters. The van der Waals surface area contributed by atoms with Gasteiger partial charge in [0.2, 0.25) is 0 Å². The fourth-order valence-corrected chi connectivity index (χ4v) is 2.47. The van der Waals surface area contributed by atoms with Crippen LogP contribution in [0.5, 0.6) is 0 Å². The molecule has 0 aliphatic carbocycles. The molecule has 0 amide bonds. The molecule has 4 heteroatoms. The van der Waals surface area contributed by atoms with Crippen LogP contribution in [0.1, 0.15) is 5.56 Å². The maximum Gasteiger partial charge on any atom is 0.129 e. The SMILES string of the molecule is Cc1ccccc1-c1nn(C)c(N)c1-c1ccc(F)cc1. The summed E-state index contributed by atoms with van der Waals surface area (Å²) in [7, 11) is 1.81. The van der Waals surface area contributed by atoms with Gasteiger partial charge in [0.25, 0.3) is 0 Å². The van der Waals surface area contributed by atoms with Crippen molar-refractivity contribution in [1.29, 1.82) is 0 Å². The Morgan fingerprint density at radius 1 is 1.05 bits per heavy atom. The van der Waals surface area contributed by atoms with Gasteiger partial charge in [0.05, 0.1) is 5.56 Å². The Bertz CT molecular complexity index is 788. The zero-order chi connectivity index (χ0) is 15.0. The summed E-state index contributed by atoms with van der Waals surface area (Å²) in [6.07, 6.45) is 0. The van der Waals surface area contributed by atoms with Gasteiger partial charge in [-0.05, 0) is 30.2 Å². The van der Waals surface area contributed by atoms with E-state index in [1.807, 2.05) is 38.2 Å². The van der Waals surface area contributed by atoms with Crippen molar-refractivity contribution in [3.63, 3.8) is 0 Å². The lowest BCUT2D eigenvalue weighted by Gasteiger charge is -2.07. The van der Waals surface area contributed by atoms with Crippen molar-refractivity contribution in [1.82, 2.24) is 9.78 Å². The third kappa shape index (κ3) is 2.29. The molecule has 1 heterocycles. The second-order valence-electron chi connectivity index (χ2n) is 5.05. The first-order chi connectivity index (χ1) is 10.1. The highest BCUT2D eigenvalue weighted by molar-refractivity contribution is 5.88. The number of halogens is 1. The largest absolute Gasteiger partial charge is 0.383 e. The van der Waals surface area contributed by atoms with Crippen molar-refractivity contribution >= 4 is 5.82 Å². The van der Waals surface area contributed by atoms with E-state index in [1.54, 1.807) is 16.8 Å². The summed E-state index contributed by atoms with van der Waals surface area (Å²) in [5.41, 5.74) is 10.8. The van der Waals surface area contributed by atoms with E-state index in [9.17, 15) is 4.39 Å². The highest BCUT2D eigenvalue weighted by atomic mass is 19.1. The van der Waals surface area contributed by atoms with E-state index < -0.39 is 0 Å². The number of aryl methyl sites for hydroxylation is 2. The molecular weight excluding hydrogens is 265 g/mol. The molecule has 0 bridgehead atoms. The summed E-state index contributed by atoms with van der Waals surface area (Å²) >= 11 is 0. The molecule has 3 aromatic rings. The molecule has 2 aromatic carbocycles. The second-order valence-corrected chi connectivity index (χ2v) is 5.05. The van der Waals surface area contributed by atoms with Crippen LogP contribution >= 0.6 is 0 Å². The molecule has 0 aliphatic rings. The molecule has 21 heavy (non-hydrogen) atoms. The van der Waals surface area contributed by atoms with Crippen LogP contribution in [0.2, 0.25) is 0 Å². The van der Waals surface area contributed by atoms with E-state index in [0.29, 0.717) is 5.82 Å². The van der Waals surface area contributed by atoms with Crippen LogP contribution in [0.3, 0.4) is 0 Å². The van der Waals surface area contributed by atoms with Crippen LogP contribution in [0.15, 0.2) is 48.5 Å². The molecule has 2 N–H and O–H groups in total. The minimum absolute atomic E-state index is 0.265. The van der Waals surface area contributed by atoms with Gasteiger partial charge >= 0.3 is 0 Å². The number of benzene rings is 2. The van der Waals surface area contributed by atoms with E-state index in [1.165, 1.54) is 12.1 Å². The van der Waals surface area contributed by atoms with Crippen molar-refractivity contribution in [2.45, 2.75) is 6.92 Å². The minimum Gasteiger partial charge on any atom is -0.383 e. The van der Waals surface area contributed by atoms with Gasteiger partial charge in [-0.15, -0.1) is 0 Å². The standard InChI is InChI=1S/C17H16FN3/c1-11-5-3-4-6-14(11)16-15(17(19)21(2)20-16)12-7-9-13(18)10-8-12/h3-10H,19H2,1-2H3. The van der Waals surface area contributed by atoms with Gasteiger partial charge in [-0.1, -0.05) is 36.4 Å². The van der Waals surface area contributed by atoms with Crippen molar-refractivity contribution in [2.75, 3.05) is 5.73 Å². The predicted octanol–water partition coefficient (Wildman–Crippen LogP) is 3.78. The van der Waals surface area contributed by atoms with Gasteiger partial charge in [0, 0.05) is 12.6 Å². The lowest BCUT2D eigenvalue weighted by molar-refractivity contribution is 0.628. The van der Waals surface area contributed by atoms with Crippen LogP contribution in [0.4, 0.5) is 10.2 Å². The topological polar surface area (TPSA) is 43.8 Å². The number of hydrogen-bond acceptors (Lipinski definition) is 2. The summed E-state index contributed by atoms with van der Waals surface area (Å²) < 4.78 is 14.8. The first-order valence-electron chi connectivity index (χ1n) is 6.72. The lowest BCUT2D eigenvalue weighted by atomic mass is 9.98. The van der Waals surface area contributed by atoms with Crippen molar-refractivity contribution in [3.8, 4) is 22.4 Å². The Kier molecular flexibility index (Phi) is 3.22. The monoisotopic (exact) mass is 281 g/mol. The molecule has 1 aromatic heterocycles. The van der Waals surface area contributed by atoms with Gasteiger partial charge in [-0.25, -0.2) is 4.39 Å². The van der Waals surface area contributed by atoms with Crippen LogP contribution in [-0.2, 0) is 7.05 Å². The Morgan fingerprint density at radius 3 is 2.38 bits per heavy atom. The van der Waals surface area contributed by atoms with E-state index in [4.69, 9.17) is 5.73 Å². The Hall–Kier alpha value is -2.62. The number of rotatable bonds is 2. The molecule has 106 valence electrons. The zero-order valence-corrected chi connectivity index (χ0v) is 12.0. The van der Waals surface area contributed by atoms with E-state index in [0.717, 1.165) is 27.9 Å². The van der Waals surface area contributed by atoms with E-state index >= 15 is 0 Å². The number of nitrogen functional groups attached to an aromatic ring is 1. The summed E-state index contributed by atoms with van der Waals surface area (Å²) in [5.74, 6) is 0.304. The predicted molar refractivity (Wildman–Crippen MR) is 83.2 cm³/mol. The summed E-state index contributed by atoms with van der Waals surface area (Å²) in [6, 6.07) is 14.3. The summed E-state index contributed by atoms with van der Waals surface area (Å²) in [6.45, 7) is 2.04. The number of hydrogen-bond donors (Lipinski definition) is 1. The minimum atomic E-state index is -0.265. The molecule has 0 saturated carbocycles. The van der Waals surface area contributed by atoms with Crippen molar-refractivity contribution < 1.29 is 4.39 Å². The molecule has 0 fully saturated rings. The average molecular weight is 281 g/mol. The number of aromatic nitrogens is 2. The Morgan fingerprint density at radius 2 is 1.71 bits per heavy atom. The number of nitrogens with two attached hydrogens (primary N) is 1. The molecular formula is C17H16FN3. The highest BCUT2D eigenvalue weighted by Gasteiger charge is 2.18. The fraction of sp³-hybridized carbons (Fsp3) is 0.118. The van der Waals surface area contributed by atoms with Crippen molar-refractivity contribution in [2.24, 2.45) is 7.05 Å². The third-order valence-electron chi connectivity index (χ3n) is 3.62. The third-order valence-corrected chi connectivity index (χ3v) is 3.62. The lowest BCUT2D eigenvalue weighted by Crippen LogP contribution is -1.98. The molecule has 3 nitrogen and oxygen atoms in total. The van der Waals surface area contributed by atoms with Gasteiger partial charge in [0.1, 0.15) is 17.3 Å². The van der Waals surface area contributed by atoms with Crippen LogP contribution in [0, 0.1) is 12.7 Å². The van der Waals surface area contributed by atoms with E-state index in [-0.39, 0.29) is 5.82 Å². The summed E-state index contributed by atoms with van der Waals surface area (Å²) in [4.78, 5) is 0. The Labute approximate surface area is 122 Å². The Balaban J connectivity index is 2.26. The highest BCUT2D eigenvalue weighted by Crippen LogP contribution is 2.36. The van der Waals surface area contributed by atoms with Gasteiger partial charge in [-0.3, -0.25) is 4.68 Å². The average Bonchev–Trinajstić information content (AvgIpc) is 2.76. The van der Waals surface area contributed by atoms with Crippen LogP contribution in [-0.4, -0.2) is 9.78 Å². The first-order valence-corrected chi connectivity index (χ1v) is 6.72. The molecule has 0 radical (unpaired) electrons. The van der Waals surface area contributed by atoms with Gasteiger partial charge in [0.15, 0.2) is 0 Å². The van der Waals surface area contributed by atoms with E-state index in [2.05, 4.69) is 5.10 Å². The summed E-state index contributed by atoms with van der Waals surface area (Å²) in [5, 5.41) is 4.54. The normalized spacial score (nSPS) is 10.8. The van der Waals surface area contributed by atoms with Gasteiger partial charge in [-0.2, -0.15) is 5.10 Å². The smallest absolute Gasteiger partial charge is 0.129 e. The first kappa shape index (κ1) is 13.4. The quantitative estimate of drug-likeness (QED) is 0.776. The molecule has 0 aliphatic heterocycles. The second kappa shape index (κ2) is 5.05. The maximum absolute atomic E-state index is 13.1. The van der Waals surface area contributed by atoms with Gasteiger partial charge < -0.3 is 5.73 Å². The molecule has 0 saturated heterocycles. The fourth-order valence-electron chi connectivity index (χ4n) is 2.47. The number of nitrogens with zero attached hydrogens (tertiary/aromatic N) is 2. The van der Waals surface area contributed by atoms with Crippen molar-refractivity contribution in [3.05, 3.63) is 59.9 Å². The van der Waals surface area contributed by atoms with Crippen LogP contribution in [0.25, 0.3) is 22.4 Å². The maximum atomic E-state index is 13.1. The zero-order valence-electron chi connectivity index (χ0n) is 12.0.